The highest BCUT2D eigenvalue weighted by molar-refractivity contribution is 5.78. The van der Waals surface area contributed by atoms with Crippen LogP contribution in [0.5, 0.6) is 11.5 Å². The van der Waals surface area contributed by atoms with Gasteiger partial charge >= 0.3 is 0 Å². The van der Waals surface area contributed by atoms with Crippen molar-refractivity contribution in [2.45, 2.75) is 31.7 Å². The summed E-state index contributed by atoms with van der Waals surface area (Å²) >= 11 is 0. The van der Waals surface area contributed by atoms with Gasteiger partial charge in [-0.1, -0.05) is 37.1 Å². The second-order valence-electron chi connectivity index (χ2n) is 6.62. The molecule has 2 aromatic carbocycles. The number of likely N-dealkylation sites (tertiary alicyclic amines) is 1. The summed E-state index contributed by atoms with van der Waals surface area (Å²) in [5, 5.41) is 9.17. The van der Waals surface area contributed by atoms with Gasteiger partial charge in [-0.15, -0.1) is 0 Å². The third-order valence-electron chi connectivity index (χ3n) is 4.93. The zero-order valence-electron chi connectivity index (χ0n) is 15.6. The summed E-state index contributed by atoms with van der Waals surface area (Å²) in [6, 6.07) is 17.0. The van der Waals surface area contributed by atoms with Crippen molar-refractivity contribution in [1.82, 2.24) is 4.90 Å². The maximum Gasteiger partial charge on any atom is 0.261 e. The second kappa shape index (κ2) is 9.09. The van der Waals surface area contributed by atoms with Crippen LogP contribution in [-0.2, 0) is 4.79 Å². The Kier molecular flexibility index (Phi) is 6.32. The number of nitriles is 1. The number of carbonyl (C=O) groups excluding carboxylic acids is 1. The number of para-hydroxylation sites is 1. The number of amides is 1. The van der Waals surface area contributed by atoms with E-state index in [0.29, 0.717) is 11.3 Å². The van der Waals surface area contributed by atoms with Gasteiger partial charge < -0.3 is 14.4 Å². The van der Waals surface area contributed by atoms with Crippen molar-refractivity contribution in [3.8, 4) is 17.6 Å². The Morgan fingerprint density at radius 3 is 2.67 bits per heavy atom. The number of methoxy groups -OCH3 is 1. The highest BCUT2D eigenvalue weighted by atomic mass is 16.5. The minimum absolute atomic E-state index is 0.0423. The molecule has 1 fully saturated rings. The van der Waals surface area contributed by atoms with Crippen molar-refractivity contribution < 1.29 is 14.3 Å². The summed E-state index contributed by atoms with van der Waals surface area (Å²) in [5.41, 5.74) is 1.55. The lowest BCUT2D eigenvalue weighted by molar-refractivity contribution is -0.135. The fourth-order valence-electron chi connectivity index (χ4n) is 3.49. The van der Waals surface area contributed by atoms with Crippen molar-refractivity contribution >= 4 is 5.91 Å². The van der Waals surface area contributed by atoms with E-state index in [2.05, 4.69) is 6.07 Å². The molecule has 1 aliphatic heterocycles. The summed E-state index contributed by atoms with van der Waals surface area (Å²) < 4.78 is 10.9. The van der Waals surface area contributed by atoms with E-state index in [1.807, 2.05) is 29.2 Å². The summed E-state index contributed by atoms with van der Waals surface area (Å²) in [6.45, 7) is 0.657. The number of carbonyl (C=O) groups is 1. The average molecular weight is 364 g/mol. The van der Waals surface area contributed by atoms with Crippen molar-refractivity contribution in [2.24, 2.45) is 0 Å². The highest BCUT2D eigenvalue weighted by Crippen LogP contribution is 2.31. The lowest BCUT2D eigenvalue weighted by Gasteiger charge is -2.30. The largest absolute Gasteiger partial charge is 0.497 e. The number of ether oxygens (including phenoxy) is 2. The van der Waals surface area contributed by atoms with Crippen LogP contribution in [0.2, 0.25) is 0 Å². The van der Waals surface area contributed by atoms with Gasteiger partial charge in [-0.3, -0.25) is 4.79 Å². The molecule has 140 valence electrons. The van der Waals surface area contributed by atoms with Gasteiger partial charge in [-0.05, 0) is 42.7 Å². The molecule has 5 heteroatoms. The topological polar surface area (TPSA) is 62.6 Å². The third-order valence-corrected chi connectivity index (χ3v) is 4.93. The molecular weight excluding hydrogens is 340 g/mol. The first-order valence-corrected chi connectivity index (χ1v) is 9.28. The lowest BCUT2D eigenvalue weighted by atomic mass is 10.0. The van der Waals surface area contributed by atoms with Crippen LogP contribution < -0.4 is 9.47 Å². The van der Waals surface area contributed by atoms with E-state index in [4.69, 9.17) is 14.7 Å². The van der Waals surface area contributed by atoms with Gasteiger partial charge in [0.1, 0.15) is 17.6 Å². The molecule has 2 aromatic rings. The average Bonchev–Trinajstić information content (AvgIpc) is 2.98. The lowest BCUT2D eigenvalue weighted by Crippen LogP contribution is -2.38. The fourth-order valence-corrected chi connectivity index (χ4v) is 3.49. The Morgan fingerprint density at radius 2 is 1.93 bits per heavy atom. The molecule has 1 heterocycles. The molecule has 3 rings (SSSR count). The standard InChI is InChI=1S/C22H24N2O3/c1-26-19-12-10-17(11-13-19)20-8-3-2-6-14-24(20)22(25)16-27-21-9-5-4-7-18(21)15-23/h4-5,7,9-13,20H,2-3,6,8,14,16H2,1H3. The molecule has 0 bridgehead atoms. The molecule has 0 radical (unpaired) electrons. The minimum Gasteiger partial charge on any atom is -0.497 e. The zero-order valence-corrected chi connectivity index (χ0v) is 15.6. The van der Waals surface area contributed by atoms with Crippen LogP contribution in [-0.4, -0.2) is 31.1 Å². The van der Waals surface area contributed by atoms with Crippen LogP contribution in [0.4, 0.5) is 0 Å². The number of hydrogen-bond donors (Lipinski definition) is 0. The maximum absolute atomic E-state index is 12.9. The van der Waals surface area contributed by atoms with Crippen LogP contribution >= 0.6 is 0 Å². The summed E-state index contributed by atoms with van der Waals surface area (Å²) in [7, 11) is 1.65. The van der Waals surface area contributed by atoms with Crippen LogP contribution in [0.3, 0.4) is 0 Å². The zero-order chi connectivity index (χ0) is 19.1. The molecule has 0 saturated carbocycles. The molecule has 1 amide bonds. The van der Waals surface area contributed by atoms with Gasteiger partial charge in [0.25, 0.3) is 5.91 Å². The molecule has 1 atom stereocenters. The molecular formula is C22H24N2O3. The molecule has 5 nitrogen and oxygen atoms in total. The molecule has 27 heavy (non-hydrogen) atoms. The van der Waals surface area contributed by atoms with Gasteiger partial charge in [0.05, 0.1) is 18.7 Å². The maximum atomic E-state index is 12.9. The molecule has 1 aliphatic rings. The Bertz CT molecular complexity index is 811. The number of rotatable bonds is 5. The van der Waals surface area contributed by atoms with E-state index in [1.165, 1.54) is 0 Å². The number of benzene rings is 2. The van der Waals surface area contributed by atoms with Crippen molar-refractivity contribution in [2.75, 3.05) is 20.3 Å². The number of hydrogen-bond acceptors (Lipinski definition) is 4. The normalized spacial score (nSPS) is 16.9. The van der Waals surface area contributed by atoms with E-state index >= 15 is 0 Å². The Hall–Kier alpha value is -3.00. The Morgan fingerprint density at radius 1 is 1.15 bits per heavy atom. The van der Waals surface area contributed by atoms with E-state index < -0.39 is 0 Å². The SMILES string of the molecule is COc1ccc(C2CCCCCN2C(=O)COc2ccccc2C#N)cc1. The molecule has 0 aliphatic carbocycles. The van der Waals surface area contributed by atoms with Crippen molar-refractivity contribution in [3.63, 3.8) is 0 Å². The highest BCUT2D eigenvalue weighted by Gasteiger charge is 2.27. The van der Waals surface area contributed by atoms with Gasteiger partial charge in [0.2, 0.25) is 0 Å². The predicted octanol–water partition coefficient (Wildman–Crippen LogP) is 4.09. The first kappa shape index (κ1) is 18.8. The fraction of sp³-hybridized carbons (Fsp3) is 0.364. The van der Waals surface area contributed by atoms with Crippen LogP contribution in [0, 0.1) is 11.3 Å². The van der Waals surface area contributed by atoms with Gasteiger partial charge in [0, 0.05) is 6.54 Å². The van der Waals surface area contributed by atoms with Crippen molar-refractivity contribution in [3.05, 3.63) is 59.7 Å². The van der Waals surface area contributed by atoms with E-state index in [1.54, 1.807) is 31.4 Å². The van der Waals surface area contributed by atoms with Crippen LogP contribution in [0.25, 0.3) is 0 Å². The predicted molar refractivity (Wildman–Crippen MR) is 103 cm³/mol. The van der Waals surface area contributed by atoms with Gasteiger partial charge in [-0.2, -0.15) is 5.26 Å². The van der Waals surface area contributed by atoms with Crippen molar-refractivity contribution in [1.29, 1.82) is 5.26 Å². The molecule has 1 unspecified atom stereocenters. The first-order valence-electron chi connectivity index (χ1n) is 9.28. The van der Waals surface area contributed by atoms with Gasteiger partial charge in [0.15, 0.2) is 6.61 Å². The molecule has 0 aromatic heterocycles. The Balaban J connectivity index is 1.74. The third kappa shape index (κ3) is 4.59. The first-order chi connectivity index (χ1) is 13.2. The van der Waals surface area contributed by atoms with Crippen LogP contribution in [0.15, 0.2) is 48.5 Å². The van der Waals surface area contributed by atoms with E-state index in [0.717, 1.165) is 43.5 Å². The summed E-state index contributed by atoms with van der Waals surface area (Å²) in [6.07, 6.45) is 4.15. The van der Waals surface area contributed by atoms with Crippen LogP contribution in [0.1, 0.15) is 42.9 Å². The minimum atomic E-state index is -0.0641. The Labute approximate surface area is 160 Å². The summed E-state index contributed by atoms with van der Waals surface area (Å²) in [4.78, 5) is 14.8. The monoisotopic (exact) mass is 364 g/mol. The quantitative estimate of drug-likeness (QED) is 0.802. The second-order valence-corrected chi connectivity index (χ2v) is 6.62. The number of nitrogens with zero attached hydrogens (tertiary/aromatic N) is 2. The molecule has 0 spiro atoms. The molecule has 0 N–H and O–H groups in total. The summed E-state index contributed by atoms with van der Waals surface area (Å²) in [5.74, 6) is 1.20. The smallest absolute Gasteiger partial charge is 0.261 e. The van der Waals surface area contributed by atoms with E-state index in [9.17, 15) is 4.79 Å². The van der Waals surface area contributed by atoms with E-state index in [-0.39, 0.29) is 18.6 Å². The molecule has 1 saturated heterocycles. The van der Waals surface area contributed by atoms with Gasteiger partial charge in [-0.25, -0.2) is 0 Å².